The number of aliphatic hydroxyl groups is 1. The van der Waals surface area contributed by atoms with E-state index in [0.717, 1.165) is 5.56 Å². The second-order valence-corrected chi connectivity index (χ2v) is 7.51. The van der Waals surface area contributed by atoms with E-state index in [2.05, 4.69) is 20.1 Å². The number of fused-ring (bicyclic) bond motifs is 1. The Kier molecular flexibility index (Phi) is 4.12. The standard InChI is InChI=1S/C21H18N6O4/c1-27-6-5-21(30,20(27)29)16-9-14(26-31-16)12-4-2-3-11(7-12)13-8-15-17(24-10-23-15)18(25-13)19(22)28/h2-4,7-10,30H,5-6H2,1H3,(H2,22,28)(H,23,24). The van der Waals surface area contributed by atoms with Gasteiger partial charge >= 0.3 is 0 Å². The van der Waals surface area contributed by atoms with Gasteiger partial charge in [0.1, 0.15) is 11.2 Å². The first kappa shape index (κ1) is 18.9. The molecule has 0 bridgehead atoms. The summed E-state index contributed by atoms with van der Waals surface area (Å²) in [4.78, 5) is 37.0. The van der Waals surface area contributed by atoms with Crippen LogP contribution in [0.5, 0.6) is 0 Å². The minimum Gasteiger partial charge on any atom is -0.373 e. The molecule has 10 heteroatoms. The van der Waals surface area contributed by atoms with Gasteiger partial charge < -0.3 is 25.2 Å². The van der Waals surface area contributed by atoms with Gasteiger partial charge in [-0.3, -0.25) is 9.59 Å². The third-order valence-corrected chi connectivity index (χ3v) is 5.52. The lowest BCUT2D eigenvalue weighted by molar-refractivity contribution is -0.144. The number of imidazole rings is 1. The Morgan fingerprint density at radius 2 is 2.03 bits per heavy atom. The zero-order chi connectivity index (χ0) is 21.8. The van der Waals surface area contributed by atoms with Gasteiger partial charge in [-0.25, -0.2) is 9.97 Å². The highest BCUT2D eigenvalue weighted by atomic mass is 16.5. The van der Waals surface area contributed by atoms with Gasteiger partial charge in [0.2, 0.25) is 5.60 Å². The SMILES string of the molecule is CN1CCC(O)(c2cc(-c3cccc(-c4cc5[nH]cnc5c(C(N)=O)n4)c3)no2)C1=O. The maximum Gasteiger partial charge on any atom is 0.269 e. The number of nitrogens with one attached hydrogen (secondary N) is 1. The molecule has 1 fully saturated rings. The van der Waals surface area contributed by atoms with Crippen molar-refractivity contribution in [1.82, 2.24) is 25.0 Å². The topological polar surface area (TPSA) is 151 Å². The van der Waals surface area contributed by atoms with Crippen LogP contribution in [0, 0.1) is 0 Å². The maximum atomic E-state index is 12.3. The molecular formula is C21H18N6O4. The Balaban J connectivity index is 1.54. The number of H-pyrrole nitrogens is 1. The van der Waals surface area contributed by atoms with Crippen LogP contribution in [0.4, 0.5) is 0 Å². The normalized spacial score (nSPS) is 18.8. The van der Waals surface area contributed by atoms with Crippen molar-refractivity contribution >= 4 is 22.8 Å². The number of hydrogen-bond acceptors (Lipinski definition) is 7. The third-order valence-electron chi connectivity index (χ3n) is 5.52. The molecule has 3 aromatic heterocycles. The lowest BCUT2D eigenvalue weighted by atomic mass is 9.97. The highest BCUT2D eigenvalue weighted by Crippen LogP contribution is 2.35. The summed E-state index contributed by atoms with van der Waals surface area (Å²) in [6.45, 7) is 0.435. The van der Waals surface area contributed by atoms with Crippen LogP contribution in [0.1, 0.15) is 22.7 Å². The van der Waals surface area contributed by atoms with E-state index in [1.54, 1.807) is 19.2 Å². The van der Waals surface area contributed by atoms with E-state index < -0.39 is 17.4 Å². The fraction of sp³-hybridized carbons (Fsp3) is 0.190. The number of aromatic nitrogens is 4. The molecule has 0 saturated carbocycles. The molecule has 5 rings (SSSR count). The fourth-order valence-corrected chi connectivity index (χ4v) is 3.79. The van der Waals surface area contributed by atoms with Crippen molar-refractivity contribution in [2.45, 2.75) is 12.0 Å². The summed E-state index contributed by atoms with van der Waals surface area (Å²) in [7, 11) is 1.63. The number of likely N-dealkylation sites (N-methyl/N-ethyl adjacent to an activating group) is 1. The summed E-state index contributed by atoms with van der Waals surface area (Å²) in [5, 5.41) is 14.8. The van der Waals surface area contributed by atoms with Gasteiger partial charge in [-0.2, -0.15) is 0 Å². The molecule has 0 radical (unpaired) electrons. The molecule has 1 unspecified atom stereocenters. The molecule has 1 aliphatic rings. The van der Waals surface area contributed by atoms with E-state index in [9.17, 15) is 14.7 Å². The average Bonchev–Trinajstić information content (AvgIpc) is 3.50. The largest absolute Gasteiger partial charge is 0.373 e. The van der Waals surface area contributed by atoms with Crippen LogP contribution >= 0.6 is 0 Å². The van der Waals surface area contributed by atoms with Gasteiger partial charge in [0.15, 0.2) is 11.5 Å². The van der Waals surface area contributed by atoms with E-state index in [0.29, 0.717) is 34.5 Å². The Morgan fingerprint density at radius 1 is 1.26 bits per heavy atom. The van der Waals surface area contributed by atoms with Crippen molar-refractivity contribution in [3.63, 3.8) is 0 Å². The molecule has 156 valence electrons. The van der Waals surface area contributed by atoms with Gasteiger partial charge in [0.25, 0.3) is 11.8 Å². The first-order valence-corrected chi connectivity index (χ1v) is 9.57. The van der Waals surface area contributed by atoms with E-state index in [4.69, 9.17) is 10.3 Å². The van der Waals surface area contributed by atoms with Gasteiger partial charge in [0, 0.05) is 37.2 Å². The average molecular weight is 418 g/mol. The smallest absolute Gasteiger partial charge is 0.269 e. The fourth-order valence-electron chi connectivity index (χ4n) is 3.79. The number of nitrogens with two attached hydrogens (primary N) is 1. The Morgan fingerprint density at radius 3 is 2.74 bits per heavy atom. The van der Waals surface area contributed by atoms with Crippen molar-refractivity contribution in [2.24, 2.45) is 5.73 Å². The molecular weight excluding hydrogens is 400 g/mol. The summed E-state index contributed by atoms with van der Waals surface area (Å²) < 4.78 is 5.33. The number of amides is 2. The molecule has 4 heterocycles. The first-order chi connectivity index (χ1) is 14.9. The summed E-state index contributed by atoms with van der Waals surface area (Å²) in [5.74, 6) is -0.981. The molecule has 1 aliphatic heterocycles. The Hall–Kier alpha value is -4.05. The molecule has 1 aromatic carbocycles. The molecule has 4 aromatic rings. The quantitative estimate of drug-likeness (QED) is 0.453. The monoisotopic (exact) mass is 418 g/mol. The van der Waals surface area contributed by atoms with Crippen LogP contribution in [0.25, 0.3) is 33.5 Å². The number of rotatable bonds is 4. The number of primary amides is 1. The number of likely N-dealkylation sites (tertiary alicyclic amines) is 1. The molecule has 10 nitrogen and oxygen atoms in total. The van der Waals surface area contributed by atoms with Crippen molar-refractivity contribution in [3.8, 4) is 22.5 Å². The number of hydrogen-bond donors (Lipinski definition) is 3. The lowest BCUT2D eigenvalue weighted by Gasteiger charge is -2.16. The van der Waals surface area contributed by atoms with Gasteiger partial charge in [-0.1, -0.05) is 23.4 Å². The number of benzene rings is 1. The summed E-state index contributed by atoms with van der Waals surface area (Å²) >= 11 is 0. The Labute approximate surface area is 175 Å². The minimum absolute atomic E-state index is 0.0777. The van der Waals surface area contributed by atoms with Crippen molar-refractivity contribution in [3.05, 3.63) is 54.2 Å². The summed E-state index contributed by atoms with van der Waals surface area (Å²) in [5.41, 5.74) is 7.30. The van der Waals surface area contributed by atoms with Crippen molar-refractivity contribution < 1.29 is 19.2 Å². The Bertz CT molecular complexity index is 1340. The van der Waals surface area contributed by atoms with Crippen molar-refractivity contribution in [2.75, 3.05) is 13.6 Å². The number of pyridine rings is 1. The summed E-state index contributed by atoms with van der Waals surface area (Å²) in [6.07, 6.45) is 1.71. The van der Waals surface area contributed by atoms with Gasteiger partial charge in [-0.05, 0) is 12.1 Å². The molecule has 2 amide bonds. The number of carbonyl (C=O) groups is 2. The first-order valence-electron chi connectivity index (χ1n) is 9.57. The van der Waals surface area contributed by atoms with Crippen molar-refractivity contribution in [1.29, 1.82) is 0 Å². The molecule has 4 N–H and O–H groups in total. The molecule has 0 spiro atoms. The molecule has 1 atom stereocenters. The zero-order valence-corrected chi connectivity index (χ0v) is 16.5. The predicted octanol–water partition coefficient (Wildman–Crippen LogP) is 1.43. The lowest BCUT2D eigenvalue weighted by Crippen LogP contribution is -2.35. The van der Waals surface area contributed by atoms with E-state index in [-0.39, 0.29) is 17.9 Å². The number of aromatic amines is 1. The highest BCUT2D eigenvalue weighted by Gasteiger charge is 2.48. The van der Waals surface area contributed by atoms with Crippen LogP contribution < -0.4 is 5.73 Å². The van der Waals surface area contributed by atoms with Gasteiger partial charge in [-0.15, -0.1) is 0 Å². The third kappa shape index (κ3) is 2.96. The van der Waals surface area contributed by atoms with E-state index in [1.807, 2.05) is 24.3 Å². The van der Waals surface area contributed by atoms with Crippen LogP contribution in [0.15, 0.2) is 47.2 Å². The van der Waals surface area contributed by atoms with Crippen LogP contribution in [-0.2, 0) is 10.4 Å². The summed E-state index contributed by atoms with van der Waals surface area (Å²) in [6, 6.07) is 10.6. The maximum absolute atomic E-state index is 12.3. The zero-order valence-electron chi connectivity index (χ0n) is 16.5. The van der Waals surface area contributed by atoms with Gasteiger partial charge in [0.05, 0.1) is 17.5 Å². The second kappa shape index (κ2) is 6.74. The molecule has 1 saturated heterocycles. The van der Waals surface area contributed by atoms with Crippen LogP contribution in [-0.4, -0.2) is 55.5 Å². The highest BCUT2D eigenvalue weighted by molar-refractivity contribution is 6.03. The minimum atomic E-state index is -1.71. The predicted molar refractivity (Wildman–Crippen MR) is 109 cm³/mol. The molecule has 31 heavy (non-hydrogen) atoms. The van der Waals surface area contributed by atoms with Crippen LogP contribution in [0.3, 0.4) is 0 Å². The number of nitrogens with zero attached hydrogens (tertiary/aromatic N) is 4. The molecule has 0 aliphatic carbocycles. The van der Waals surface area contributed by atoms with Crippen LogP contribution in [0.2, 0.25) is 0 Å². The number of carbonyl (C=O) groups excluding carboxylic acids is 2. The van der Waals surface area contributed by atoms with E-state index in [1.165, 1.54) is 11.2 Å². The van der Waals surface area contributed by atoms with E-state index >= 15 is 0 Å². The second-order valence-electron chi connectivity index (χ2n) is 7.51.